The van der Waals surface area contributed by atoms with Gasteiger partial charge in [-0.2, -0.15) is 0 Å². The van der Waals surface area contributed by atoms with E-state index in [0.717, 1.165) is 0 Å². The maximum Gasteiger partial charge on any atom is 0.180 e. The lowest BCUT2D eigenvalue weighted by Crippen LogP contribution is -2.20. The van der Waals surface area contributed by atoms with Gasteiger partial charge in [0.15, 0.2) is 6.29 Å². The van der Waals surface area contributed by atoms with Crippen molar-refractivity contribution in [1.29, 1.82) is 0 Å². The monoisotopic (exact) mass is 134 g/mol. The molecule has 0 radical (unpaired) electrons. The van der Waals surface area contributed by atoms with E-state index in [9.17, 15) is 0 Å². The van der Waals surface area contributed by atoms with Crippen molar-refractivity contribution in [3.8, 4) is 0 Å². The maximum atomic E-state index is 5.08. The molecule has 0 amide bonds. The van der Waals surface area contributed by atoms with Gasteiger partial charge in [0.05, 0.1) is 6.61 Å². The lowest BCUT2D eigenvalue weighted by molar-refractivity contribution is -0.148. The van der Waals surface area contributed by atoms with Gasteiger partial charge in [-0.05, 0) is 6.92 Å². The third-order valence-corrected chi connectivity index (χ3v) is 0.918. The van der Waals surface area contributed by atoms with Crippen LogP contribution in [0.2, 0.25) is 0 Å². The average molecular weight is 134 g/mol. The van der Waals surface area contributed by atoms with Crippen LogP contribution in [0.3, 0.4) is 0 Å². The highest BCUT2D eigenvalue weighted by Crippen LogP contribution is 1.91. The number of methoxy groups -OCH3 is 2. The molecule has 9 heavy (non-hydrogen) atoms. The van der Waals surface area contributed by atoms with Gasteiger partial charge in [0, 0.05) is 20.8 Å². The second-order valence-electron chi connectivity index (χ2n) is 1.58. The van der Waals surface area contributed by atoms with Gasteiger partial charge < -0.3 is 14.2 Å². The number of ether oxygens (including phenoxy) is 3. The minimum atomic E-state index is -0.208. The SMILES string of the molecule is CCOC(COC)OC. The van der Waals surface area contributed by atoms with Crippen LogP contribution >= 0.6 is 0 Å². The molecule has 0 aliphatic rings. The second-order valence-corrected chi connectivity index (χ2v) is 1.58. The number of hydrogen-bond acceptors (Lipinski definition) is 3. The van der Waals surface area contributed by atoms with Gasteiger partial charge in [-0.1, -0.05) is 0 Å². The number of rotatable bonds is 5. The van der Waals surface area contributed by atoms with E-state index < -0.39 is 0 Å². The molecule has 0 saturated heterocycles. The van der Waals surface area contributed by atoms with Crippen LogP contribution in [0.15, 0.2) is 0 Å². The summed E-state index contributed by atoms with van der Waals surface area (Å²) in [5.74, 6) is 0. The first kappa shape index (κ1) is 8.88. The van der Waals surface area contributed by atoms with E-state index >= 15 is 0 Å². The largest absolute Gasteiger partial charge is 0.379 e. The molecule has 0 N–H and O–H groups in total. The molecule has 0 bridgehead atoms. The Bertz CT molecular complexity index is 50.3. The molecular weight excluding hydrogens is 120 g/mol. The molecule has 0 rings (SSSR count). The van der Waals surface area contributed by atoms with Crippen LogP contribution in [0.25, 0.3) is 0 Å². The van der Waals surface area contributed by atoms with Gasteiger partial charge in [0.25, 0.3) is 0 Å². The van der Waals surface area contributed by atoms with E-state index in [-0.39, 0.29) is 6.29 Å². The molecule has 0 heterocycles. The molecule has 0 spiro atoms. The van der Waals surface area contributed by atoms with E-state index in [4.69, 9.17) is 14.2 Å². The van der Waals surface area contributed by atoms with Crippen LogP contribution in [-0.2, 0) is 14.2 Å². The van der Waals surface area contributed by atoms with Crippen LogP contribution in [0.1, 0.15) is 6.92 Å². The Morgan fingerprint density at radius 2 is 2.00 bits per heavy atom. The van der Waals surface area contributed by atoms with Gasteiger partial charge in [0.1, 0.15) is 0 Å². The maximum absolute atomic E-state index is 5.08. The van der Waals surface area contributed by atoms with E-state index in [1.165, 1.54) is 0 Å². The molecular formula is C6H14O3. The molecule has 0 aromatic rings. The zero-order valence-corrected chi connectivity index (χ0v) is 6.22. The first-order valence-electron chi connectivity index (χ1n) is 2.98. The Morgan fingerprint density at radius 1 is 1.33 bits per heavy atom. The lowest BCUT2D eigenvalue weighted by atomic mass is 10.7. The highest BCUT2D eigenvalue weighted by Gasteiger charge is 2.02. The van der Waals surface area contributed by atoms with Crippen molar-refractivity contribution < 1.29 is 14.2 Å². The molecule has 3 nitrogen and oxygen atoms in total. The zero-order valence-electron chi connectivity index (χ0n) is 6.22. The van der Waals surface area contributed by atoms with Crippen molar-refractivity contribution in [1.82, 2.24) is 0 Å². The number of hydrogen-bond donors (Lipinski definition) is 0. The first-order chi connectivity index (χ1) is 4.35. The molecule has 0 fully saturated rings. The van der Waals surface area contributed by atoms with Crippen molar-refractivity contribution in [3.63, 3.8) is 0 Å². The third kappa shape index (κ3) is 4.39. The van der Waals surface area contributed by atoms with Gasteiger partial charge >= 0.3 is 0 Å². The first-order valence-corrected chi connectivity index (χ1v) is 2.98. The van der Waals surface area contributed by atoms with Crippen LogP contribution < -0.4 is 0 Å². The lowest BCUT2D eigenvalue weighted by Gasteiger charge is -2.12. The van der Waals surface area contributed by atoms with Gasteiger partial charge in [0.2, 0.25) is 0 Å². The fraction of sp³-hybridized carbons (Fsp3) is 1.00. The molecule has 56 valence electrons. The van der Waals surface area contributed by atoms with Crippen molar-refractivity contribution in [2.75, 3.05) is 27.4 Å². The molecule has 3 heteroatoms. The minimum absolute atomic E-state index is 0.208. The van der Waals surface area contributed by atoms with Gasteiger partial charge in [-0.25, -0.2) is 0 Å². The zero-order chi connectivity index (χ0) is 7.11. The van der Waals surface area contributed by atoms with Crippen molar-refractivity contribution in [2.24, 2.45) is 0 Å². The third-order valence-electron chi connectivity index (χ3n) is 0.918. The fourth-order valence-corrected chi connectivity index (χ4v) is 0.506. The Hall–Kier alpha value is -0.120. The summed E-state index contributed by atoms with van der Waals surface area (Å²) in [4.78, 5) is 0. The van der Waals surface area contributed by atoms with E-state index in [1.54, 1.807) is 14.2 Å². The standard InChI is InChI=1S/C6H14O3/c1-4-9-6(8-3)5-7-2/h6H,4-5H2,1-3H3. The van der Waals surface area contributed by atoms with Crippen molar-refractivity contribution >= 4 is 0 Å². The smallest absolute Gasteiger partial charge is 0.180 e. The van der Waals surface area contributed by atoms with Crippen LogP contribution in [-0.4, -0.2) is 33.7 Å². The quantitative estimate of drug-likeness (QED) is 0.516. The topological polar surface area (TPSA) is 27.7 Å². The molecule has 1 atom stereocenters. The summed E-state index contributed by atoms with van der Waals surface area (Å²) in [7, 11) is 3.21. The summed E-state index contributed by atoms with van der Waals surface area (Å²) in [5.41, 5.74) is 0. The molecule has 0 aliphatic heterocycles. The van der Waals surface area contributed by atoms with E-state index in [2.05, 4.69) is 0 Å². The van der Waals surface area contributed by atoms with Crippen LogP contribution in [0.5, 0.6) is 0 Å². The average Bonchev–Trinajstić information content (AvgIpc) is 1.88. The Balaban J connectivity index is 3.18. The Kier molecular flexibility index (Phi) is 5.93. The van der Waals surface area contributed by atoms with Gasteiger partial charge in [-0.15, -0.1) is 0 Å². The van der Waals surface area contributed by atoms with E-state index in [1.807, 2.05) is 6.92 Å². The molecule has 0 saturated carbocycles. The highest BCUT2D eigenvalue weighted by molar-refractivity contribution is 4.36. The summed E-state index contributed by atoms with van der Waals surface area (Å²) in [6, 6.07) is 0. The van der Waals surface area contributed by atoms with Crippen LogP contribution in [0, 0.1) is 0 Å². The summed E-state index contributed by atoms with van der Waals surface area (Å²) in [6.45, 7) is 3.06. The van der Waals surface area contributed by atoms with Crippen molar-refractivity contribution in [3.05, 3.63) is 0 Å². The molecule has 0 aromatic carbocycles. The van der Waals surface area contributed by atoms with Gasteiger partial charge in [-0.3, -0.25) is 0 Å². The van der Waals surface area contributed by atoms with E-state index in [0.29, 0.717) is 13.2 Å². The predicted molar refractivity (Wildman–Crippen MR) is 34.3 cm³/mol. The summed E-state index contributed by atoms with van der Waals surface area (Å²) >= 11 is 0. The normalized spacial score (nSPS) is 13.7. The summed E-state index contributed by atoms with van der Waals surface area (Å²) in [6.07, 6.45) is -0.208. The second kappa shape index (κ2) is 6.01. The minimum Gasteiger partial charge on any atom is -0.379 e. The van der Waals surface area contributed by atoms with Crippen molar-refractivity contribution in [2.45, 2.75) is 13.2 Å². The molecule has 0 aliphatic carbocycles. The van der Waals surface area contributed by atoms with Crippen LogP contribution in [0.4, 0.5) is 0 Å². The predicted octanol–water partition coefficient (Wildman–Crippen LogP) is 0.642. The summed E-state index contributed by atoms with van der Waals surface area (Å²) < 4.78 is 14.8. The highest BCUT2D eigenvalue weighted by atomic mass is 16.7. The molecule has 1 unspecified atom stereocenters. The fourth-order valence-electron chi connectivity index (χ4n) is 0.506. The Morgan fingerprint density at radius 3 is 2.33 bits per heavy atom. The molecule has 0 aromatic heterocycles. The summed E-state index contributed by atoms with van der Waals surface area (Å²) in [5, 5.41) is 0. The Labute approximate surface area is 55.9 Å².